The Labute approximate surface area is 201 Å². The second-order valence-electron chi connectivity index (χ2n) is 8.03. The van der Waals surface area contributed by atoms with E-state index >= 15 is 0 Å². The van der Waals surface area contributed by atoms with Crippen LogP contribution in [0.2, 0.25) is 5.02 Å². The van der Waals surface area contributed by atoms with Gasteiger partial charge >= 0.3 is 0 Å². The normalized spacial score (nSPS) is 15.2. The highest BCUT2D eigenvalue weighted by Crippen LogP contribution is 2.32. The molecule has 1 N–H and O–H groups in total. The number of fused-ring (bicyclic) bond motifs is 1. The van der Waals surface area contributed by atoms with Gasteiger partial charge in [0, 0.05) is 24.7 Å². The van der Waals surface area contributed by atoms with Crippen molar-refractivity contribution in [1.82, 2.24) is 5.32 Å². The van der Waals surface area contributed by atoms with Crippen LogP contribution in [0.5, 0.6) is 5.75 Å². The maximum absolute atomic E-state index is 13.9. The molecule has 0 radical (unpaired) electrons. The SMILES string of the molecule is COc1ccc(CNC(=O)c2ccc3c(c2)C(=O)C(Cc2ccc(Cl)c(F)c2)C(=O)N3C)cc1. The number of carbonyl (C=O) groups is 3. The molecule has 1 atom stereocenters. The number of anilines is 1. The van der Waals surface area contributed by atoms with Crippen molar-refractivity contribution >= 4 is 34.9 Å². The van der Waals surface area contributed by atoms with Gasteiger partial charge in [0.1, 0.15) is 17.5 Å². The molecule has 8 heteroatoms. The molecule has 1 aliphatic rings. The lowest BCUT2D eigenvalue weighted by Crippen LogP contribution is -2.43. The third-order valence-corrected chi connectivity index (χ3v) is 6.17. The van der Waals surface area contributed by atoms with Gasteiger partial charge in [0.2, 0.25) is 5.91 Å². The van der Waals surface area contributed by atoms with E-state index in [1.54, 1.807) is 44.5 Å². The number of halogens is 2. The molecule has 1 unspecified atom stereocenters. The minimum absolute atomic E-state index is 0.0298. The number of rotatable bonds is 6. The first-order valence-corrected chi connectivity index (χ1v) is 11.0. The fraction of sp³-hybridized carbons (Fsp3) is 0.192. The number of ether oxygens (including phenoxy) is 1. The summed E-state index contributed by atoms with van der Waals surface area (Å²) in [5.74, 6) is -2.04. The van der Waals surface area contributed by atoms with Crippen LogP contribution < -0.4 is 15.0 Å². The van der Waals surface area contributed by atoms with Crippen molar-refractivity contribution in [2.24, 2.45) is 5.92 Å². The molecular weight excluding hydrogens is 459 g/mol. The molecule has 174 valence electrons. The summed E-state index contributed by atoms with van der Waals surface area (Å²) in [5, 5.41) is 2.80. The third kappa shape index (κ3) is 4.65. The number of carbonyl (C=O) groups excluding carboxylic acids is 3. The van der Waals surface area contributed by atoms with Crippen LogP contribution in [-0.4, -0.2) is 31.8 Å². The molecule has 3 aromatic rings. The van der Waals surface area contributed by atoms with Crippen molar-refractivity contribution in [3.63, 3.8) is 0 Å². The fourth-order valence-corrected chi connectivity index (χ4v) is 4.05. The summed E-state index contributed by atoms with van der Waals surface area (Å²) in [4.78, 5) is 40.2. The zero-order valence-electron chi connectivity index (χ0n) is 18.6. The van der Waals surface area contributed by atoms with E-state index in [9.17, 15) is 18.8 Å². The van der Waals surface area contributed by atoms with Gasteiger partial charge in [-0.15, -0.1) is 0 Å². The predicted octanol–water partition coefficient (Wildman–Crippen LogP) is 4.44. The lowest BCUT2D eigenvalue weighted by molar-refractivity contribution is -0.121. The first-order chi connectivity index (χ1) is 16.3. The van der Waals surface area contributed by atoms with E-state index in [1.165, 1.54) is 23.1 Å². The summed E-state index contributed by atoms with van der Waals surface area (Å²) in [5.41, 5.74) is 2.39. The summed E-state index contributed by atoms with van der Waals surface area (Å²) in [7, 11) is 3.16. The van der Waals surface area contributed by atoms with Crippen molar-refractivity contribution in [3.8, 4) is 5.75 Å². The maximum atomic E-state index is 13.9. The molecule has 1 aliphatic heterocycles. The van der Waals surface area contributed by atoms with Crippen molar-refractivity contribution in [2.75, 3.05) is 19.1 Å². The monoisotopic (exact) mass is 480 g/mol. The Morgan fingerprint density at radius 2 is 1.76 bits per heavy atom. The lowest BCUT2D eigenvalue weighted by atomic mass is 9.85. The number of ketones is 1. The Bertz CT molecular complexity index is 1280. The molecule has 0 bridgehead atoms. The Morgan fingerprint density at radius 1 is 1.06 bits per heavy atom. The number of hydrogen-bond acceptors (Lipinski definition) is 4. The van der Waals surface area contributed by atoms with Crippen molar-refractivity contribution in [1.29, 1.82) is 0 Å². The number of nitrogens with one attached hydrogen (secondary N) is 1. The van der Waals surface area contributed by atoms with Crippen LogP contribution in [-0.2, 0) is 17.8 Å². The van der Waals surface area contributed by atoms with Gasteiger partial charge in [0.15, 0.2) is 5.78 Å². The first kappa shape index (κ1) is 23.4. The van der Waals surface area contributed by atoms with Gasteiger partial charge in [-0.25, -0.2) is 4.39 Å². The highest BCUT2D eigenvalue weighted by atomic mass is 35.5. The zero-order chi connectivity index (χ0) is 24.4. The van der Waals surface area contributed by atoms with Crippen LogP contribution in [0.4, 0.5) is 10.1 Å². The van der Waals surface area contributed by atoms with Gasteiger partial charge in [-0.3, -0.25) is 14.4 Å². The molecule has 6 nitrogen and oxygen atoms in total. The van der Waals surface area contributed by atoms with Crippen LogP contribution in [0, 0.1) is 11.7 Å². The molecule has 2 amide bonds. The molecular formula is C26H22ClFN2O4. The summed E-state index contributed by atoms with van der Waals surface area (Å²) in [6.07, 6.45) is 0.0312. The lowest BCUT2D eigenvalue weighted by Gasteiger charge is -2.31. The zero-order valence-corrected chi connectivity index (χ0v) is 19.4. The van der Waals surface area contributed by atoms with Crippen molar-refractivity contribution in [2.45, 2.75) is 13.0 Å². The standard InChI is InChI=1S/C26H22ClFN2O4/c1-30-23-10-6-17(25(32)29-14-15-3-7-18(34-2)8-4-15)13-19(23)24(31)20(26(30)33)11-16-5-9-21(27)22(28)12-16/h3-10,12-13,20H,11,14H2,1-2H3,(H,29,32). The largest absolute Gasteiger partial charge is 0.497 e. The van der Waals surface area contributed by atoms with Crippen molar-refractivity contribution in [3.05, 3.63) is 93.8 Å². The predicted molar refractivity (Wildman–Crippen MR) is 127 cm³/mol. The van der Waals surface area contributed by atoms with Crippen molar-refractivity contribution < 1.29 is 23.5 Å². The number of amides is 2. The first-order valence-electron chi connectivity index (χ1n) is 10.6. The van der Waals surface area contributed by atoms with E-state index in [0.717, 1.165) is 11.3 Å². The van der Waals surface area contributed by atoms with Gasteiger partial charge in [0.05, 0.1) is 17.8 Å². The number of benzene rings is 3. The van der Waals surface area contributed by atoms with Gasteiger partial charge in [0.25, 0.3) is 5.91 Å². The van der Waals surface area contributed by atoms with Crippen LogP contribution in [0.1, 0.15) is 31.8 Å². The summed E-state index contributed by atoms with van der Waals surface area (Å²) in [6.45, 7) is 0.303. The highest BCUT2D eigenvalue weighted by Gasteiger charge is 2.38. The Hall–Kier alpha value is -3.71. The third-order valence-electron chi connectivity index (χ3n) is 5.87. The average Bonchev–Trinajstić information content (AvgIpc) is 2.85. The van der Waals surface area contributed by atoms with Gasteiger partial charge < -0.3 is 15.0 Å². The number of hydrogen-bond donors (Lipinski definition) is 1. The van der Waals surface area contributed by atoms with E-state index in [0.29, 0.717) is 23.4 Å². The topological polar surface area (TPSA) is 75.7 Å². The quantitative estimate of drug-likeness (QED) is 0.529. The van der Waals surface area contributed by atoms with Gasteiger partial charge in [-0.1, -0.05) is 29.8 Å². The second kappa shape index (κ2) is 9.65. The van der Waals surface area contributed by atoms with Crippen LogP contribution in [0.15, 0.2) is 60.7 Å². The van der Waals surface area contributed by atoms with Gasteiger partial charge in [-0.2, -0.15) is 0 Å². The highest BCUT2D eigenvalue weighted by molar-refractivity contribution is 6.30. The Kier molecular flexibility index (Phi) is 6.65. The van der Waals surface area contributed by atoms with E-state index in [4.69, 9.17) is 16.3 Å². The molecule has 1 heterocycles. The number of methoxy groups -OCH3 is 1. The molecule has 0 aromatic heterocycles. The number of nitrogens with zero attached hydrogens (tertiary/aromatic N) is 1. The van der Waals surface area contributed by atoms with Crippen LogP contribution >= 0.6 is 11.6 Å². The smallest absolute Gasteiger partial charge is 0.251 e. The molecule has 0 fully saturated rings. The molecule has 3 aromatic carbocycles. The second-order valence-corrected chi connectivity index (χ2v) is 8.44. The minimum Gasteiger partial charge on any atom is -0.497 e. The molecule has 0 saturated heterocycles. The molecule has 0 saturated carbocycles. The van der Waals surface area contributed by atoms with Crippen LogP contribution in [0.3, 0.4) is 0 Å². The summed E-state index contributed by atoms with van der Waals surface area (Å²) < 4.78 is 19.0. The number of Topliss-reactive ketones (excluding diaryl/α,β-unsaturated/α-hetero) is 1. The maximum Gasteiger partial charge on any atom is 0.251 e. The van der Waals surface area contributed by atoms with E-state index in [2.05, 4.69) is 5.32 Å². The summed E-state index contributed by atoms with van der Waals surface area (Å²) in [6, 6.07) is 16.2. The van der Waals surface area contributed by atoms with Crippen LogP contribution in [0.25, 0.3) is 0 Å². The average molecular weight is 481 g/mol. The summed E-state index contributed by atoms with van der Waals surface area (Å²) >= 11 is 5.74. The fourth-order valence-electron chi connectivity index (χ4n) is 3.93. The molecule has 0 spiro atoms. The van der Waals surface area contributed by atoms with E-state index < -0.39 is 17.5 Å². The molecule has 4 rings (SSSR count). The van der Waals surface area contributed by atoms with Gasteiger partial charge in [-0.05, 0) is 60.0 Å². The minimum atomic E-state index is -1.02. The Balaban J connectivity index is 1.53. The van der Waals surface area contributed by atoms with E-state index in [-0.39, 0.29) is 28.8 Å². The molecule has 34 heavy (non-hydrogen) atoms. The Morgan fingerprint density at radius 3 is 2.44 bits per heavy atom. The van der Waals surface area contributed by atoms with E-state index in [1.807, 2.05) is 12.1 Å². The molecule has 0 aliphatic carbocycles.